The van der Waals surface area contributed by atoms with E-state index in [1.54, 1.807) is 0 Å². The zero-order chi connectivity index (χ0) is 12.6. The molecule has 0 aromatic carbocycles. The molecule has 0 fully saturated rings. The minimum absolute atomic E-state index is 0. The average Bonchev–Trinajstić information content (AvgIpc) is 1.85. The van der Waals surface area contributed by atoms with Crippen LogP contribution in [0.15, 0.2) is 12.2 Å². The Labute approximate surface area is 109 Å². The molecule has 0 spiro atoms. The third kappa shape index (κ3) is 33000. The van der Waals surface area contributed by atoms with Gasteiger partial charge in [-0.3, -0.25) is 0 Å². The Morgan fingerprint density at radius 1 is 0.812 bits per heavy atom. The zero-order valence-corrected chi connectivity index (χ0v) is 12.2. The van der Waals surface area contributed by atoms with Crippen LogP contribution in [-0.4, -0.2) is 0 Å². The quantitative estimate of drug-likeness (QED) is 0.384. The maximum atomic E-state index is 3.56. The number of hydrogen-bond donors (Lipinski definition) is 0. The number of hydrogen-bond acceptors (Lipinski definition) is 0. The molecule has 0 saturated heterocycles. The van der Waals surface area contributed by atoms with E-state index in [0.717, 1.165) is 5.92 Å². The molecule has 0 aliphatic rings. The molecule has 0 saturated carbocycles. The van der Waals surface area contributed by atoms with Gasteiger partial charge in [0.05, 0.1) is 0 Å². The van der Waals surface area contributed by atoms with E-state index in [1.807, 2.05) is 13.8 Å². The largest absolute Gasteiger partial charge is 0.100 e. The SMILES string of the molecule is C.C.C=C(C)C.CC(C)C.CCC.CCC. The maximum absolute atomic E-state index is 3.56. The van der Waals surface area contributed by atoms with Crippen LogP contribution in [0, 0.1) is 5.92 Å². The molecule has 0 heterocycles. The van der Waals surface area contributed by atoms with Crippen LogP contribution in [0.4, 0.5) is 0 Å². The monoisotopic (exact) mass is 234 g/mol. The molecule has 0 unspecified atom stereocenters. The van der Waals surface area contributed by atoms with Crippen LogP contribution in [0.25, 0.3) is 0 Å². The molecule has 0 bridgehead atoms. The summed E-state index contributed by atoms with van der Waals surface area (Å²) in [6.07, 6.45) is 2.50. The van der Waals surface area contributed by atoms with Crippen molar-refractivity contribution in [3.05, 3.63) is 12.2 Å². The first kappa shape index (κ1) is 36.0. The summed E-state index contributed by atoms with van der Waals surface area (Å²) < 4.78 is 0. The molecule has 0 aliphatic heterocycles. The van der Waals surface area contributed by atoms with Crippen molar-refractivity contribution in [1.82, 2.24) is 0 Å². The predicted molar refractivity (Wildman–Crippen MR) is 86.4 cm³/mol. The number of rotatable bonds is 0. The normalized spacial score (nSPS) is 6.12. The molecular weight excluding hydrogens is 192 g/mol. The molecule has 0 aromatic heterocycles. The van der Waals surface area contributed by atoms with Crippen molar-refractivity contribution in [3.63, 3.8) is 0 Å². The lowest BCUT2D eigenvalue weighted by Crippen LogP contribution is -1.66. The van der Waals surface area contributed by atoms with Crippen LogP contribution < -0.4 is 0 Å². The summed E-state index contributed by atoms with van der Waals surface area (Å²) >= 11 is 0. The Morgan fingerprint density at radius 3 is 0.812 bits per heavy atom. The van der Waals surface area contributed by atoms with Gasteiger partial charge in [-0.05, 0) is 19.8 Å². The Hall–Kier alpha value is -0.260. The molecule has 0 rings (SSSR count). The fourth-order valence-corrected chi connectivity index (χ4v) is 0. The highest BCUT2D eigenvalue weighted by molar-refractivity contribution is 4.78. The first-order chi connectivity index (χ1) is 6.29. The van der Waals surface area contributed by atoms with E-state index in [1.165, 1.54) is 18.4 Å². The van der Waals surface area contributed by atoms with Crippen molar-refractivity contribution < 1.29 is 0 Å². The minimum Gasteiger partial charge on any atom is -0.100 e. The van der Waals surface area contributed by atoms with Crippen molar-refractivity contribution in [2.75, 3.05) is 0 Å². The molecule has 0 atom stereocenters. The van der Waals surface area contributed by atoms with Crippen LogP contribution >= 0.6 is 0 Å². The van der Waals surface area contributed by atoms with E-state index in [9.17, 15) is 0 Å². The Morgan fingerprint density at radius 2 is 0.812 bits per heavy atom. The van der Waals surface area contributed by atoms with Crippen LogP contribution in [0.1, 0.15) is 90.0 Å². The van der Waals surface area contributed by atoms with Gasteiger partial charge in [0.25, 0.3) is 0 Å². The second-order valence-corrected chi connectivity index (χ2v) is 4.35. The van der Waals surface area contributed by atoms with Crippen molar-refractivity contribution in [2.45, 2.75) is 90.0 Å². The molecular formula is C16H42. The van der Waals surface area contributed by atoms with E-state index in [0.29, 0.717) is 0 Å². The summed E-state index contributed by atoms with van der Waals surface area (Å²) in [5.41, 5.74) is 1.17. The molecule has 0 heteroatoms. The molecule has 0 radical (unpaired) electrons. The van der Waals surface area contributed by atoms with Gasteiger partial charge in [-0.1, -0.05) is 81.7 Å². The highest BCUT2D eigenvalue weighted by Crippen LogP contribution is 1.81. The summed E-state index contributed by atoms with van der Waals surface area (Å²) in [5.74, 6) is 0.833. The molecule has 0 aliphatic carbocycles. The summed E-state index contributed by atoms with van der Waals surface area (Å²) in [6.45, 7) is 22.5. The molecule has 0 aromatic rings. The molecule has 0 amide bonds. The minimum atomic E-state index is 0. The van der Waals surface area contributed by atoms with E-state index < -0.39 is 0 Å². The van der Waals surface area contributed by atoms with Gasteiger partial charge in [-0.15, -0.1) is 6.58 Å². The average molecular weight is 235 g/mol. The topological polar surface area (TPSA) is 0 Å². The molecule has 0 nitrogen and oxygen atoms in total. The van der Waals surface area contributed by atoms with Gasteiger partial charge in [-0.25, -0.2) is 0 Å². The highest BCUT2D eigenvalue weighted by Gasteiger charge is 1.68. The first-order valence-electron chi connectivity index (χ1n) is 5.91. The second kappa shape index (κ2) is 46.5. The Bertz CT molecular complexity index is 61.4. The smallest absolute Gasteiger partial charge is 0.0445 e. The van der Waals surface area contributed by atoms with Crippen molar-refractivity contribution in [2.24, 2.45) is 5.92 Å². The van der Waals surface area contributed by atoms with E-state index >= 15 is 0 Å². The lowest BCUT2D eigenvalue weighted by Gasteiger charge is -1.79. The van der Waals surface area contributed by atoms with Crippen LogP contribution in [0.5, 0.6) is 0 Å². The predicted octanol–water partition coefficient (Wildman–Crippen LogP) is 7.35. The van der Waals surface area contributed by atoms with Gasteiger partial charge in [0.15, 0.2) is 0 Å². The van der Waals surface area contributed by atoms with Gasteiger partial charge in [-0.2, -0.15) is 0 Å². The molecule has 16 heavy (non-hydrogen) atoms. The Balaban J connectivity index is -0.0000000202. The van der Waals surface area contributed by atoms with Gasteiger partial charge < -0.3 is 0 Å². The summed E-state index contributed by atoms with van der Waals surface area (Å²) in [6, 6.07) is 0. The van der Waals surface area contributed by atoms with Crippen LogP contribution in [-0.2, 0) is 0 Å². The second-order valence-electron chi connectivity index (χ2n) is 4.35. The van der Waals surface area contributed by atoms with Crippen molar-refractivity contribution in [3.8, 4) is 0 Å². The van der Waals surface area contributed by atoms with Gasteiger partial charge in [0.1, 0.15) is 0 Å². The van der Waals surface area contributed by atoms with Crippen LogP contribution in [0.3, 0.4) is 0 Å². The van der Waals surface area contributed by atoms with E-state index in [4.69, 9.17) is 0 Å². The zero-order valence-electron chi connectivity index (χ0n) is 12.2. The maximum Gasteiger partial charge on any atom is -0.0445 e. The lowest BCUT2D eigenvalue weighted by atomic mass is 10.3. The van der Waals surface area contributed by atoms with Gasteiger partial charge >= 0.3 is 0 Å². The Kier molecular flexibility index (Phi) is 105. The summed E-state index contributed by atoms with van der Waals surface area (Å²) in [5, 5.41) is 0. The summed E-state index contributed by atoms with van der Waals surface area (Å²) in [4.78, 5) is 0. The standard InChI is InChI=1S/C4H10.C4H8.2C3H8.2CH4/c2*1-4(2)3;2*1-3-2;;/h4H,1-3H3;1H2,2-3H3;2*3H2,1-2H3;2*1H4. The molecule has 0 N–H and O–H groups in total. The third-order valence-corrected chi connectivity index (χ3v) is 0. The van der Waals surface area contributed by atoms with Crippen LogP contribution in [0.2, 0.25) is 0 Å². The fraction of sp³-hybridized carbons (Fsp3) is 0.875. The highest BCUT2D eigenvalue weighted by atomic mass is 13.7. The molecule has 106 valence electrons. The number of allylic oxidation sites excluding steroid dienone is 1. The summed E-state index contributed by atoms with van der Waals surface area (Å²) in [7, 11) is 0. The first-order valence-corrected chi connectivity index (χ1v) is 5.91. The van der Waals surface area contributed by atoms with Crippen molar-refractivity contribution >= 4 is 0 Å². The van der Waals surface area contributed by atoms with E-state index in [2.05, 4.69) is 55.0 Å². The van der Waals surface area contributed by atoms with Gasteiger partial charge in [0.2, 0.25) is 0 Å². The van der Waals surface area contributed by atoms with Gasteiger partial charge in [0, 0.05) is 0 Å². The fourth-order valence-electron chi connectivity index (χ4n) is 0. The van der Waals surface area contributed by atoms with E-state index in [-0.39, 0.29) is 14.9 Å². The third-order valence-electron chi connectivity index (χ3n) is 0. The lowest BCUT2D eigenvalue weighted by molar-refractivity contribution is 0.737. The van der Waals surface area contributed by atoms with Crippen molar-refractivity contribution in [1.29, 1.82) is 0 Å².